The average molecular weight is 466 g/mol. The highest BCUT2D eigenvalue weighted by Gasteiger charge is 2.34. The number of carbonyl (C=O) groups excluding carboxylic acids is 2. The molecule has 0 atom stereocenters. The van der Waals surface area contributed by atoms with E-state index in [4.69, 9.17) is 0 Å². The van der Waals surface area contributed by atoms with Crippen molar-refractivity contribution >= 4 is 27.5 Å². The zero-order valence-corrected chi connectivity index (χ0v) is 18.4. The predicted octanol–water partition coefficient (Wildman–Crippen LogP) is 2.85. The van der Waals surface area contributed by atoms with Crippen molar-refractivity contribution in [2.75, 3.05) is 31.5 Å². The van der Waals surface area contributed by atoms with Crippen molar-refractivity contribution in [3.05, 3.63) is 60.2 Å². The fourth-order valence-corrected chi connectivity index (χ4v) is 5.15. The predicted molar refractivity (Wildman–Crippen MR) is 115 cm³/mol. The summed E-state index contributed by atoms with van der Waals surface area (Å²) in [6.07, 6.45) is 0.649. The molecule has 0 aliphatic carbocycles. The van der Waals surface area contributed by atoms with Crippen LogP contribution >= 0.6 is 0 Å². The number of piperidine rings is 1. The Hall–Kier alpha value is -2.85. The van der Waals surface area contributed by atoms with Crippen molar-refractivity contribution < 1.29 is 26.8 Å². The Morgan fingerprint density at radius 3 is 2.19 bits per heavy atom. The zero-order valence-electron chi connectivity index (χ0n) is 17.6. The van der Waals surface area contributed by atoms with Gasteiger partial charge in [0.05, 0.1) is 11.4 Å². The van der Waals surface area contributed by atoms with Crippen molar-refractivity contribution in [3.8, 4) is 0 Å². The van der Waals surface area contributed by atoms with E-state index in [9.17, 15) is 26.8 Å². The molecule has 0 aromatic heterocycles. The van der Waals surface area contributed by atoms with Crippen LogP contribution in [0.5, 0.6) is 0 Å². The summed E-state index contributed by atoms with van der Waals surface area (Å²) in [6, 6.07) is 11.3. The normalized spacial score (nSPS) is 15.3. The Morgan fingerprint density at radius 1 is 1.03 bits per heavy atom. The van der Waals surface area contributed by atoms with E-state index in [1.165, 1.54) is 27.4 Å². The molecule has 0 unspecified atom stereocenters. The summed E-state index contributed by atoms with van der Waals surface area (Å²) >= 11 is 0. The number of para-hydroxylation sites is 1. The Balaban J connectivity index is 1.59. The van der Waals surface area contributed by atoms with Gasteiger partial charge in [-0.3, -0.25) is 9.59 Å². The van der Waals surface area contributed by atoms with Crippen LogP contribution in [0, 0.1) is 17.6 Å². The lowest BCUT2D eigenvalue weighted by Crippen LogP contribution is -2.46. The van der Waals surface area contributed by atoms with E-state index in [1.807, 2.05) is 0 Å². The molecule has 10 heteroatoms. The van der Waals surface area contributed by atoms with Gasteiger partial charge in [-0.1, -0.05) is 24.3 Å². The highest BCUT2D eigenvalue weighted by atomic mass is 32.2. The van der Waals surface area contributed by atoms with E-state index in [0.717, 1.165) is 12.1 Å². The number of halogens is 2. The van der Waals surface area contributed by atoms with Gasteiger partial charge in [0.25, 0.3) is 0 Å². The molecule has 32 heavy (non-hydrogen) atoms. The third kappa shape index (κ3) is 5.31. The fourth-order valence-electron chi connectivity index (χ4n) is 3.66. The van der Waals surface area contributed by atoms with Crippen LogP contribution in [0.25, 0.3) is 0 Å². The molecule has 7 nitrogen and oxygen atoms in total. The standard InChI is InChI=1S/C22H25F2N3O4S/c1-2-26(15-20(28)25-21-18(23)9-6-10-19(21)24)22(29)16-11-13-27(14-12-16)32(30,31)17-7-4-3-5-8-17/h3-10,16H,2,11-15H2,1H3,(H,25,28). The summed E-state index contributed by atoms with van der Waals surface area (Å²) in [7, 11) is -3.63. The largest absolute Gasteiger partial charge is 0.333 e. The number of nitrogens with zero attached hydrogens (tertiary/aromatic N) is 2. The van der Waals surface area contributed by atoms with E-state index in [2.05, 4.69) is 5.32 Å². The summed E-state index contributed by atoms with van der Waals surface area (Å²) in [6.45, 7) is 1.96. The molecule has 1 aliphatic rings. The summed E-state index contributed by atoms with van der Waals surface area (Å²) in [5, 5.41) is 2.18. The van der Waals surface area contributed by atoms with E-state index in [1.54, 1.807) is 25.1 Å². The Kier molecular flexibility index (Phi) is 7.57. The topological polar surface area (TPSA) is 86.8 Å². The van der Waals surface area contributed by atoms with Gasteiger partial charge < -0.3 is 10.2 Å². The SMILES string of the molecule is CCN(CC(=O)Nc1c(F)cccc1F)C(=O)C1CCN(S(=O)(=O)c2ccccc2)CC1. The van der Waals surface area contributed by atoms with Crippen molar-refractivity contribution in [3.63, 3.8) is 0 Å². The smallest absolute Gasteiger partial charge is 0.244 e. The van der Waals surface area contributed by atoms with Gasteiger partial charge in [0.15, 0.2) is 0 Å². The lowest BCUT2D eigenvalue weighted by Gasteiger charge is -2.33. The van der Waals surface area contributed by atoms with E-state index < -0.39 is 39.2 Å². The Morgan fingerprint density at radius 2 is 1.62 bits per heavy atom. The first-order valence-electron chi connectivity index (χ1n) is 10.3. The molecule has 1 N–H and O–H groups in total. The van der Waals surface area contributed by atoms with E-state index >= 15 is 0 Å². The highest BCUT2D eigenvalue weighted by molar-refractivity contribution is 7.89. The third-order valence-electron chi connectivity index (χ3n) is 5.44. The highest BCUT2D eigenvalue weighted by Crippen LogP contribution is 2.25. The molecule has 2 aromatic rings. The van der Waals surface area contributed by atoms with Crippen LogP contribution in [0.4, 0.5) is 14.5 Å². The maximum absolute atomic E-state index is 13.7. The van der Waals surface area contributed by atoms with Crippen molar-refractivity contribution in [1.29, 1.82) is 0 Å². The minimum absolute atomic E-state index is 0.192. The van der Waals surface area contributed by atoms with Gasteiger partial charge in [-0.05, 0) is 44.0 Å². The lowest BCUT2D eigenvalue weighted by atomic mass is 9.96. The summed E-state index contributed by atoms with van der Waals surface area (Å²) in [4.78, 5) is 26.7. The van der Waals surface area contributed by atoms with Crippen molar-refractivity contribution in [2.24, 2.45) is 5.92 Å². The van der Waals surface area contributed by atoms with E-state index in [-0.39, 0.29) is 37.0 Å². The third-order valence-corrected chi connectivity index (χ3v) is 7.35. The molecule has 172 valence electrons. The Labute approximate surface area is 186 Å². The number of anilines is 1. The second-order valence-corrected chi connectivity index (χ2v) is 9.43. The number of likely N-dealkylation sites (N-methyl/N-ethyl adjacent to an activating group) is 1. The molecule has 1 saturated heterocycles. The number of rotatable bonds is 7. The molecular weight excluding hydrogens is 440 g/mol. The minimum Gasteiger partial charge on any atom is -0.333 e. The second-order valence-electron chi connectivity index (χ2n) is 7.49. The molecular formula is C22H25F2N3O4S. The molecule has 0 bridgehead atoms. The van der Waals surface area contributed by atoms with Crippen LogP contribution in [0.3, 0.4) is 0 Å². The first kappa shape index (κ1) is 23.8. The number of benzene rings is 2. The molecule has 3 rings (SSSR count). The van der Waals surface area contributed by atoms with Gasteiger partial charge in [0, 0.05) is 25.6 Å². The number of hydrogen-bond donors (Lipinski definition) is 1. The minimum atomic E-state index is -3.63. The molecule has 0 radical (unpaired) electrons. The molecule has 0 saturated carbocycles. The van der Waals surface area contributed by atoms with Crippen LogP contribution in [0.15, 0.2) is 53.4 Å². The van der Waals surface area contributed by atoms with Gasteiger partial charge in [-0.2, -0.15) is 4.31 Å². The lowest BCUT2D eigenvalue weighted by molar-refractivity contribution is -0.139. The van der Waals surface area contributed by atoms with Crippen molar-refractivity contribution in [1.82, 2.24) is 9.21 Å². The second kappa shape index (κ2) is 10.2. The van der Waals surface area contributed by atoms with Gasteiger partial charge in [-0.25, -0.2) is 17.2 Å². The quantitative estimate of drug-likeness (QED) is 0.681. The molecule has 2 aromatic carbocycles. The van der Waals surface area contributed by atoms with E-state index in [0.29, 0.717) is 12.8 Å². The number of hydrogen-bond acceptors (Lipinski definition) is 4. The fraction of sp³-hybridized carbons (Fsp3) is 0.364. The van der Waals surface area contributed by atoms with Crippen LogP contribution in [-0.4, -0.2) is 55.6 Å². The molecule has 0 spiro atoms. The van der Waals surface area contributed by atoms with Gasteiger partial charge >= 0.3 is 0 Å². The van der Waals surface area contributed by atoms with Gasteiger partial charge in [0.1, 0.15) is 17.3 Å². The molecule has 1 fully saturated rings. The summed E-state index contributed by atoms with van der Waals surface area (Å²) < 4.78 is 54.3. The average Bonchev–Trinajstić information content (AvgIpc) is 2.80. The number of nitrogens with one attached hydrogen (secondary N) is 1. The summed E-state index contributed by atoms with van der Waals surface area (Å²) in [5.41, 5.74) is -0.555. The van der Waals surface area contributed by atoms with Crippen LogP contribution in [0.2, 0.25) is 0 Å². The van der Waals surface area contributed by atoms with Crippen LogP contribution < -0.4 is 5.32 Å². The monoisotopic (exact) mass is 465 g/mol. The Bertz CT molecular complexity index is 1050. The first-order chi connectivity index (χ1) is 15.2. The maximum Gasteiger partial charge on any atom is 0.244 e. The molecule has 1 heterocycles. The molecule has 1 aliphatic heterocycles. The summed E-state index contributed by atoms with van der Waals surface area (Å²) in [5.74, 6) is -3.24. The zero-order chi connectivity index (χ0) is 23.3. The number of amides is 2. The number of carbonyl (C=O) groups is 2. The first-order valence-corrected chi connectivity index (χ1v) is 11.8. The maximum atomic E-state index is 13.7. The molecule has 2 amide bonds. The van der Waals surface area contributed by atoms with Crippen LogP contribution in [0.1, 0.15) is 19.8 Å². The van der Waals surface area contributed by atoms with Crippen LogP contribution in [-0.2, 0) is 19.6 Å². The van der Waals surface area contributed by atoms with Gasteiger partial charge in [0.2, 0.25) is 21.8 Å². The van der Waals surface area contributed by atoms with Gasteiger partial charge in [-0.15, -0.1) is 0 Å². The van der Waals surface area contributed by atoms with Crippen molar-refractivity contribution in [2.45, 2.75) is 24.7 Å². The number of sulfonamides is 1.